The minimum absolute atomic E-state index is 0. The number of piperidine rings is 1. The Morgan fingerprint density at radius 1 is 1.56 bits per heavy atom. The van der Waals surface area contributed by atoms with Crippen LogP contribution in [-0.2, 0) is 9.53 Å². The second-order valence-electron chi connectivity index (χ2n) is 4.13. The average Bonchev–Trinajstić information content (AvgIpc) is 2.29. The van der Waals surface area contributed by atoms with Crippen LogP contribution in [0.4, 0.5) is 13.2 Å². The molecule has 0 aromatic rings. The third kappa shape index (κ3) is 4.29. The monoisotopic (exact) mass is 290 g/mol. The zero-order valence-electron chi connectivity index (χ0n) is 10.1. The number of carbonyl (C=O) groups is 1. The maximum absolute atomic E-state index is 12.5. The van der Waals surface area contributed by atoms with Crippen molar-refractivity contribution in [1.29, 1.82) is 0 Å². The van der Waals surface area contributed by atoms with Crippen molar-refractivity contribution in [3.63, 3.8) is 0 Å². The fourth-order valence-corrected chi connectivity index (χ4v) is 1.95. The molecule has 108 valence electrons. The quantitative estimate of drug-likeness (QED) is 0.849. The Labute approximate surface area is 110 Å². The molecule has 2 atom stereocenters. The molecule has 4 nitrogen and oxygen atoms in total. The summed E-state index contributed by atoms with van der Waals surface area (Å²) in [6.07, 6.45) is -4.66. The van der Waals surface area contributed by atoms with Crippen molar-refractivity contribution in [2.45, 2.75) is 25.1 Å². The molecule has 0 saturated carbocycles. The number of nitrogens with two attached hydrogens (primary N) is 1. The molecule has 8 heteroatoms. The van der Waals surface area contributed by atoms with E-state index in [1.165, 1.54) is 12.0 Å². The molecule has 0 aromatic carbocycles. The van der Waals surface area contributed by atoms with Crippen molar-refractivity contribution in [2.75, 3.05) is 26.7 Å². The van der Waals surface area contributed by atoms with Crippen LogP contribution < -0.4 is 5.73 Å². The van der Waals surface area contributed by atoms with E-state index >= 15 is 0 Å². The zero-order valence-corrected chi connectivity index (χ0v) is 10.9. The van der Waals surface area contributed by atoms with Gasteiger partial charge in [0.05, 0.1) is 5.92 Å². The molecule has 18 heavy (non-hydrogen) atoms. The van der Waals surface area contributed by atoms with Crippen LogP contribution in [0.15, 0.2) is 0 Å². The number of rotatable bonds is 3. The molecule has 2 N–H and O–H groups in total. The number of hydrogen-bond acceptors (Lipinski definition) is 3. The lowest BCUT2D eigenvalue weighted by Gasteiger charge is -2.35. The van der Waals surface area contributed by atoms with Crippen LogP contribution in [0.5, 0.6) is 0 Å². The first-order valence-corrected chi connectivity index (χ1v) is 5.48. The van der Waals surface area contributed by atoms with Crippen molar-refractivity contribution in [2.24, 2.45) is 11.7 Å². The highest BCUT2D eigenvalue weighted by Crippen LogP contribution is 2.33. The largest absolute Gasteiger partial charge is 0.393 e. The summed E-state index contributed by atoms with van der Waals surface area (Å²) in [5, 5.41) is 0. The molecule has 1 aliphatic rings. The van der Waals surface area contributed by atoms with Gasteiger partial charge in [-0.2, -0.15) is 13.2 Å². The third-order valence-corrected chi connectivity index (χ3v) is 2.97. The Balaban J connectivity index is 0.00000289. The van der Waals surface area contributed by atoms with E-state index in [1.54, 1.807) is 0 Å². The lowest BCUT2D eigenvalue weighted by atomic mass is 9.97. The Bertz CT molecular complexity index is 272. The second-order valence-corrected chi connectivity index (χ2v) is 4.13. The highest BCUT2D eigenvalue weighted by atomic mass is 35.5. The van der Waals surface area contributed by atoms with Gasteiger partial charge in [-0.15, -0.1) is 12.4 Å². The van der Waals surface area contributed by atoms with Gasteiger partial charge in [0.25, 0.3) is 5.91 Å². The van der Waals surface area contributed by atoms with E-state index in [-0.39, 0.29) is 31.9 Å². The smallest absolute Gasteiger partial charge is 0.370 e. The number of likely N-dealkylation sites (tertiary alicyclic amines) is 1. The lowest BCUT2D eigenvalue weighted by Crippen LogP contribution is -2.50. The number of amides is 1. The number of ether oxygens (including phenoxy) is 1. The molecule has 0 spiro atoms. The molecule has 1 fully saturated rings. The van der Waals surface area contributed by atoms with Crippen molar-refractivity contribution < 1.29 is 22.7 Å². The normalized spacial score (nSPS) is 22.3. The number of halogens is 4. The predicted octanol–water partition coefficient (Wildman–Crippen LogP) is 1.18. The van der Waals surface area contributed by atoms with Gasteiger partial charge in [-0.3, -0.25) is 4.79 Å². The molecule has 0 bridgehead atoms. The van der Waals surface area contributed by atoms with Crippen LogP contribution in [0.2, 0.25) is 0 Å². The van der Waals surface area contributed by atoms with Gasteiger partial charge in [-0.05, 0) is 12.8 Å². The van der Waals surface area contributed by atoms with Gasteiger partial charge in [0.1, 0.15) is 6.10 Å². The van der Waals surface area contributed by atoms with Crippen molar-refractivity contribution >= 4 is 18.3 Å². The van der Waals surface area contributed by atoms with Gasteiger partial charge in [-0.25, -0.2) is 0 Å². The standard InChI is InChI=1S/C10H17F3N2O2.ClH/c1-17-8(5-14)9(16)15-4-2-3-7(6-15)10(11,12)13;/h7-8H,2-6,14H2,1H3;1H. The van der Waals surface area contributed by atoms with Crippen molar-refractivity contribution in [3.8, 4) is 0 Å². The van der Waals surface area contributed by atoms with Gasteiger partial charge in [0.15, 0.2) is 0 Å². The van der Waals surface area contributed by atoms with E-state index in [0.717, 1.165) is 0 Å². The van der Waals surface area contributed by atoms with Crippen LogP contribution in [0, 0.1) is 5.92 Å². The van der Waals surface area contributed by atoms with E-state index in [9.17, 15) is 18.0 Å². The molecule has 0 radical (unpaired) electrons. The maximum Gasteiger partial charge on any atom is 0.393 e. The third-order valence-electron chi connectivity index (χ3n) is 2.97. The lowest BCUT2D eigenvalue weighted by molar-refractivity contribution is -0.189. The summed E-state index contributed by atoms with van der Waals surface area (Å²) in [6.45, 7) is 0.0238. The number of alkyl halides is 3. The summed E-state index contributed by atoms with van der Waals surface area (Å²) in [4.78, 5) is 13.0. The molecular formula is C10H18ClF3N2O2. The maximum atomic E-state index is 12.5. The molecule has 0 aliphatic carbocycles. The first-order chi connectivity index (χ1) is 7.90. The number of nitrogens with zero attached hydrogens (tertiary/aromatic N) is 1. The van der Waals surface area contributed by atoms with Gasteiger partial charge in [0, 0.05) is 26.7 Å². The van der Waals surface area contributed by atoms with Gasteiger partial charge < -0.3 is 15.4 Å². The van der Waals surface area contributed by atoms with Crippen LogP contribution in [0.3, 0.4) is 0 Å². The van der Waals surface area contributed by atoms with Gasteiger partial charge >= 0.3 is 6.18 Å². The highest BCUT2D eigenvalue weighted by Gasteiger charge is 2.43. The summed E-state index contributed by atoms with van der Waals surface area (Å²) >= 11 is 0. The first kappa shape index (κ1) is 17.5. The number of hydrogen-bond donors (Lipinski definition) is 1. The second kappa shape index (κ2) is 7.16. The van der Waals surface area contributed by atoms with Crippen molar-refractivity contribution in [3.05, 3.63) is 0 Å². The number of methoxy groups -OCH3 is 1. The Morgan fingerprint density at radius 3 is 2.61 bits per heavy atom. The van der Waals surface area contributed by atoms with Gasteiger partial charge in [0.2, 0.25) is 0 Å². The summed E-state index contributed by atoms with van der Waals surface area (Å²) in [6, 6.07) is 0. The van der Waals surface area contributed by atoms with Crippen LogP contribution in [0.25, 0.3) is 0 Å². The predicted molar refractivity (Wildman–Crippen MR) is 62.5 cm³/mol. The minimum atomic E-state index is -4.25. The number of carbonyl (C=O) groups excluding carboxylic acids is 1. The molecule has 1 aliphatic heterocycles. The van der Waals surface area contributed by atoms with Crippen LogP contribution in [-0.4, -0.2) is 49.8 Å². The molecular weight excluding hydrogens is 273 g/mol. The Morgan fingerprint density at radius 2 is 2.17 bits per heavy atom. The molecule has 1 rings (SSSR count). The topological polar surface area (TPSA) is 55.6 Å². The fraction of sp³-hybridized carbons (Fsp3) is 0.900. The van der Waals surface area contributed by atoms with E-state index in [1.807, 2.05) is 0 Å². The highest BCUT2D eigenvalue weighted by molar-refractivity contribution is 5.85. The fourth-order valence-electron chi connectivity index (χ4n) is 1.95. The summed E-state index contributed by atoms with van der Waals surface area (Å²) < 4.78 is 42.5. The molecule has 1 amide bonds. The average molecular weight is 291 g/mol. The van der Waals surface area contributed by atoms with E-state index < -0.39 is 24.1 Å². The molecule has 2 unspecified atom stereocenters. The minimum Gasteiger partial charge on any atom is -0.370 e. The summed E-state index contributed by atoms with van der Waals surface area (Å²) in [7, 11) is 1.32. The summed E-state index contributed by atoms with van der Waals surface area (Å²) in [5.41, 5.74) is 5.32. The SMILES string of the molecule is COC(CN)C(=O)N1CCCC(C(F)(F)F)C1.Cl. The van der Waals surface area contributed by atoms with E-state index in [0.29, 0.717) is 13.0 Å². The van der Waals surface area contributed by atoms with Gasteiger partial charge in [-0.1, -0.05) is 0 Å². The molecule has 0 aromatic heterocycles. The van der Waals surface area contributed by atoms with Crippen LogP contribution >= 0.6 is 12.4 Å². The Kier molecular flexibility index (Phi) is 6.94. The molecule has 1 heterocycles. The summed E-state index contributed by atoms with van der Waals surface area (Å²) in [5.74, 6) is -1.89. The van der Waals surface area contributed by atoms with E-state index in [4.69, 9.17) is 10.5 Å². The van der Waals surface area contributed by atoms with Crippen LogP contribution in [0.1, 0.15) is 12.8 Å². The first-order valence-electron chi connectivity index (χ1n) is 5.48. The Hall–Kier alpha value is -0.530. The molecule has 1 saturated heterocycles. The van der Waals surface area contributed by atoms with Crippen molar-refractivity contribution in [1.82, 2.24) is 4.90 Å². The zero-order chi connectivity index (χ0) is 13.1. The van der Waals surface area contributed by atoms with E-state index in [2.05, 4.69) is 0 Å².